The van der Waals surface area contributed by atoms with Crippen LogP contribution >= 0.6 is 0 Å². The summed E-state index contributed by atoms with van der Waals surface area (Å²) in [6.07, 6.45) is -21.1. The summed E-state index contributed by atoms with van der Waals surface area (Å²) in [5.74, 6) is -1.39. The molecule has 1 amide bonds. The van der Waals surface area contributed by atoms with Gasteiger partial charge in [0.2, 0.25) is 0 Å². The molecule has 220 valence electrons. The van der Waals surface area contributed by atoms with Crippen LogP contribution in [0, 0.1) is 0 Å². The molecule has 0 aliphatic carbocycles. The molecule has 0 aromatic heterocycles. The quantitative estimate of drug-likeness (QED) is 0.474. The number of rotatable bonds is 6. The first-order valence-corrected chi connectivity index (χ1v) is 11.8. The smallest absolute Gasteiger partial charge is 0.434 e. The van der Waals surface area contributed by atoms with E-state index in [4.69, 9.17) is 10.8 Å². The SMILES string of the molecule is N[C@@H](Cc1cc(C(F)(F)F)ccc1CN1CCCC12CCN(C(=O)OC(C(F)(F)F)C(F)(F)F)CC2)C(=O)O. The number of amides is 1. The summed E-state index contributed by atoms with van der Waals surface area (Å²) in [5, 5.41) is 9.13. The maximum Gasteiger partial charge on any atom is 0.434 e. The van der Waals surface area contributed by atoms with E-state index in [0.717, 1.165) is 17.0 Å². The lowest BCUT2D eigenvalue weighted by Gasteiger charge is -2.45. The number of hydrogen-bond donors (Lipinski definition) is 2. The highest BCUT2D eigenvalue weighted by atomic mass is 19.4. The topological polar surface area (TPSA) is 96.1 Å². The van der Waals surface area contributed by atoms with Crippen LogP contribution in [-0.2, 0) is 28.7 Å². The van der Waals surface area contributed by atoms with Crippen molar-refractivity contribution in [3.05, 3.63) is 34.9 Å². The third-order valence-electron chi connectivity index (χ3n) is 7.16. The maximum atomic E-state index is 13.3. The van der Waals surface area contributed by atoms with E-state index >= 15 is 0 Å². The zero-order valence-electron chi connectivity index (χ0n) is 20.3. The average molecular weight is 579 g/mol. The van der Waals surface area contributed by atoms with Gasteiger partial charge in [0.25, 0.3) is 6.10 Å². The minimum atomic E-state index is -5.84. The Bertz CT molecular complexity index is 1040. The summed E-state index contributed by atoms with van der Waals surface area (Å²) in [4.78, 5) is 26.1. The Morgan fingerprint density at radius 2 is 1.54 bits per heavy atom. The first-order valence-electron chi connectivity index (χ1n) is 11.8. The predicted octanol–water partition coefficient (Wildman–Crippen LogP) is 4.72. The molecular formula is C23H26F9N3O4. The lowest BCUT2D eigenvalue weighted by Crippen LogP contribution is -2.54. The van der Waals surface area contributed by atoms with Crippen LogP contribution in [0.5, 0.6) is 0 Å². The second-order valence-electron chi connectivity index (χ2n) is 9.71. The van der Waals surface area contributed by atoms with Gasteiger partial charge in [-0.1, -0.05) is 6.07 Å². The van der Waals surface area contributed by atoms with Crippen molar-refractivity contribution in [1.82, 2.24) is 9.80 Å². The van der Waals surface area contributed by atoms with Crippen LogP contribution in [-0.4, -0.2) is 76.6 Å². The Labute approximate surface area is 216 Å². The molecule has 2 fully saturated rings. The first-order chi connectivity index (χ1) is 17.8. The fraction of sp³-hybridized carbons (Fsp3) is 0.652. The van der Waals surface area contributed by atoms with Crippen LogP contribution in [0.25, 0.3) is 0 Å². The zero-order valence-corrected chi connectivity index (χ0v) is 20.3. The molecule has 1 spiro atoms. The number of alkyl halides is 9. The van der Waals surface area contributed by atoms with Crippen molar-refractivity contribution >= 4 is 12.1 Å². The summed E-state index contributed by atoms with van der Waals surface area (Å²) < 4.78 is 120. The van der Waals surface area contributed by atoms with E-state index in [9.17, 15) is 49.1 Å². The van der Waals surface area contributed by atoms with Crippen molar-refractivity contribution in [3.63, 3.8) is 0 Å². The molecule has 1 aromatic rings. The second kappa shape index (κ2) is 11.0. The minimum Gasteiger partial charge on any atom is -0.480 e. The summed E-state index contributed by atoms with van der Waals surface area (Å²) >= 11 is 0. The number of carbonyl (C=O) groups is 2. The van der Waals surface area contributed by atoms with E-state index in [2.05, 4.69) is 4.74 Å². The molecule has 1 atom stereocenters. The van der Waals surface area contributed by atoms with E-state index < -0.39 is 53.8 Å². The number of carboxylic acids is 1. The lowest BCUT2D eigenvalue weighted by molar-refractivity contribution is -0.308. The van der Waals surface area contributed by atoms with Gasteiger partial charge in [-0.2, -0.15) is 39.5 Å². The van der Waals surface area contributed by atoms with Crippen LogP contribution in [0.1, 0.15) is 42.4 Å². The Kier molecular flexibility index (Phi) is 8.70. The van der Waals surface area contributed by atoms with Gasteiger partial charge in [0, 0.05) is 25.2 Å². The number of ether oxygens (including phenoxy) is 1. The third-order valence-corrected chi connectivity index (χ3v) is 7.16. The Morgan fingerprint density at radius 1 is 0.949 bits per heavy atom. The summed E-state index contributed by atoms with van der Waals surface area (Å²) in [6, 6.07) is 1.49. The van der Waals surface area contributed by atoms with Crippen molar-refractivity contribution < 1.29 is 58.9 Å². The summed E-state index contributed by atoms with van der Waals surface area (Å²) in [7, 11) is 0. The highest BCUT2D eigenvalue weighted by Gasteiger charge is 2.60. The Balaban J connectivity index is 1.74. The first kappa shape index (κ1) is 30.8. The van der Waals surface area contributed by atoms with Gasteiger partial charge < -0.3 is 20.5 Å². The van der Waals surface area contributed by atoms with Gasteiger partial charge in [-0.15, -0.1) is 0 Å². The van der Waals surface area contributed by atoms with Gasteiger partial charge in [-0.3, -0.25) is 9.69 Å². The van der Waals surface area contributed by atoms with Gasteiger partial charge in [0.1, 0.15) is 6.04 Å². The van der Waals surface area contributed by atoms with Crippen molar-refractivity contribution in [2.45, 2.75) is 74.9 Å². The highest BCUT2D eigenvalue weighted by Crippen LogP contribution is 2.41. The van der Waals surface area contributed by atoms with Crippen LogP contribution in [0.2, 0.25) is 0 Å². The summed E-state index contributed by atoms with van der Waals surface area (Å²) in [6.45, 7) is 0.206. The van der Waals surface area contributed by atoms with Crippen molar-refractivity contribution in [1.29, 1.82) is 0 Å². The molecule has 3 rings (SSSR count). The number of nitrogens with two attached hydrogens (primary N) is 1. The number of hydrogen-bond acceptors (Lipinski definition) is 5. The van der Waals surface area contributed by atoms with Crippen LogP contribution in [0.4, 0.5) is 44.3 Å². The molecule has 0 radical (unpaired) electrons. The second-order valence-corrected chi connectivity index (χ2v) is 9.71. The zero-order chi connectivity index (χ0) is 29.4. The molecule has 0 saturated carbocycles. The number of likely N-dealkylation sites (tertiary alicyclic amines) is 2. The standard InChI is InChI=1S/C23H26F9N3O4/c24-21(25,26)15-3-2-13(14(10-15)11-16(33)17(36)37)12-35-7-1-4-20(35)5-8-34(9-6-20)19(38)39-18(22(27,28)29)23(30,31)32/h2-3,10,16,18H,1,4-9,11-12,33H2,(H,36,37)/t16-/m0/s1. The van der Waals surface area contributed by atoms with Crippen LogP contribution in [0.15, 0.2) is 18.2 Å². The molecule has 39 heavy (non-hydrogen) atoms. The summed E-state index contributed by atoms with van der Waals surface area (Å²) in [5.41, 5.74) is 4.48. The Morgan fingerprint density at radius 3 is 2.05 bits per heavy atom. The van der Waals surface area contributed by atoms with E-state index in [0.29, 0.717) is 24.9 Å². The molecule has 16 heteroatoms. The molecule has 2 heterocycles. The molecule has 3 N–H and O–H groups in total. The molecular weight excluding hydrogens is 553 g/mol. The number of piperidine rings is 1. The molecule has 2 aliphatic heterocycles. The highest BCUT2D eigenvalue weighted by molar-refractivity contribution is 5.73. The van der Waals surface area contributed by atoms with E-state index in [1.807, 2.05) is 4.90 Å². The molecule has 1 aromatic carbocycles. The lowest BCUT2D eigenvalue weighted by atomic mass is 9.84. The van der Waals surface area contributed by atoms with Gasteiger partial charge in [-0.05, 0) is 61.9 Å². The van der Waals surface area contributed by atoms with E-state index in [1.54, 1.807) is 0 Å². The fourth-order valence-corrected chi connectivity index (χ4v) is 5.08. The number of halogens is 9. The third kappa shape index (κ3) is 7.26. The van der Waals surface area contributed by atoms with Gasteiger partial charge in [0.15, 0.2) is 0 Å². The van der Waals surface area contributed by atoms with Crippen LogP contribution in [0.3, 0.4) is 0 Å². The van der Waals surface area contributed by atoms with E-state index in [1.165, 1.54) is 6.07 Å². The van der Waals surface area contributed by atoms with Gasteiger partial charge >= 0.3 is 30.6 Å². The minimum absolute atomic E-state index is 0.0909. The monoisotopic (exact) mass is 579 g/mol. The number of aliphatic carboxylic acids is 1. The van der Waals surface area contributed by atoms with Crippen LogP contribution < -0.4 is 5.73 Å². The number of carboxylic acid groups (broad SMARTS) is 1. The molecule has 2 saturated heterocycles. The predicted molar refractivity (Wildman–Crippen MR) is 116 cm³/mol. The average Bonchev–Trinajstić information content (AvgIpc) is 3.17. The van der Waals surface area contributed by atoms with Gasteiger partial charge in [-0.25, -0.2) is 4.79 Å². The normalized spacial score (nSPS) is 19.5. The maximum absolute atomic E-state index is 13.3. The van der Waals surface area contributed by atoms with Crippen molar-refractivity contribution in [2.24, 2.45) is 5.73 Å². The molecule has 7 nitrogen and oxygen atoms in total. The number of benzene rings is 1. The Hall–Kier alpha value is -2.75. The van der Waals surface area contributed by atoms with Crippen molar-refractivity contribution in [3.8, 4) is 0 Å². The fourth-order valence-electron chi connectivity index (χ4n) is 5.08. The van der Waals surface area contributed by atoms with Gasteiger partial charge in [0.05, 0.1) is 5.56 Å². The molecule has 0 unspecified atom stereocenters. The molecule has 2 aliphatic rings. The molecule has 0 bridgehead atoms. The largest absolute Gasteiger partial charge is 0.480 e. The van der Waals surface area contributed by atoms with E-state index in [-0.39, 0.29) is 44.5 Å². The number of nitrogens with zero attached hydrogens (tertiary/aromatic N) is 2. The number of carbonyl (C=O) groups excluding carboxylic acids is 1. The van der Waals surface area contributed by atoms with Crippen molar-refractivity contribution in [2.75, 3.05) is 19.6 Å².